The maximum atomic E-state index is 12.6. The van der Waals surface area contributed by atoms with Gasteiger partial charge in [-0.3, -0.25) is 15.4 Å². The van der Waals surface area contributed by atoms with Gasteiger partial charge in [0.2, 0.25) is 5.96 Å². The molecule has 29 heavy (non-hydrogen) atoms. The van der Waals surface area contributed by atoms with Gasteiger partial charge in [0, 0.05) is 5.56 Å². The van der Waals surface area contributed by atoms with Gasteiger partial charge >= 0.3 is 0 Å². The molecule has 1 aliphatic rings. The molecule has 0 bridgehead atoms. The molecule has 0 saturated heterocycles. The summed E-state index contributed by atoms with van der Waals surface area (Å²) >= 11 is 0. The van der Waals surface area contributed by atoms with E-state index in [1.807, 2.05) is 24.3 Å². The first-order valence-corrected chi connectivity index (χ1v) is 10.9. The first-order chi connectivity index (χ1) is 13.8. The van der Waals surface area contributed by atoms with E-state index >= 15 is 0 Å². The molecule has 0 radical (unpaired) electrons. The summed E-state index contributed by atoms with van der Waals surface area (Å²) in [5.74, 6) is 0.461. The smallest absolute Gasteiger partial charge is 0.257 e. The number of carbonyl (C=O) groups excluding carboxylic acids is 1. The minimum Gasteiger partial charge on any atom is -0.370 e. The molecule has 0 fully saturated rings. The molecule has 1 amide bonds. The summed E-state index contributed by atoms with van der Waals surface area (Å²) in [5, 5.41) is 5.67. The number of nitrogens with zero attached hydrogens (tertiary/aromatic N) is 2. The van der Waals surface area contributed by atoms with Crippen LogP contribution in [0.25, 0.3) is 0 Å². The Morgan fingerprint density at radius 1 is 1.03 bits per heavy atom. The van der Waals surface area contributed by atoms with E-state index in [4.69, 9.17) is 5.73 Å². The zero-order valence-corrected chi connectivity index (χ0v) is 18.4. The number of aliphatic imine (C=N–C) groups is 2. The third-order valence-corrected chi connectivity index (χ3v) is 5.12. The number of nitrogens with two attached hydrogens (primary N) is 1. The topological polar surface area (TPSA) is 91.9 Å². The second kappa shape index (κ2) is 11.0. The van der Waals surface area contributed by atoms with Crippen LogP contribution < -0.4 is 16.4 Å². The molecule has 1 unspecified atom stereocenters. The summed E-state index contributed by atoms with van der Waals surface area (Å²) in [6, 6.07) is 7.66. The van der Waals surface area contributed by atoms with Crippen LogP contribution in [0.15, 0.2) is 34.3 Å². The highest BCUT2D eigenvalue weighted by molar-refractivity contribution is 6.10. The summed E-state index contributed by atoms with van der Waals surface area (Å²) in [4.78, 5) is 21.4. The second-order valence-electron chi connectivity index (χ2n) is 8.79. The fourth-order valence-electron chi connectivity index (χ4n) is 3.30. The Bertz CT molecular complexity index is 716. The molecule has 1 aromatic carbocycles. The lowest BCUT2D eigenvalue weighted by Crippen LogP contribution is -2.50. The van der Waals surface area contributed by atoms with E-state index in [0.29, 0.717) is 17.5 Å². The fourth-order valence-corrected chi connectivity index (χ4v) is 3.30. The number of carbonyl (C=O) groups is 1. The SMILES string of the molecule is CCCCCCCCCC1N=C(N)NC(NC(=O)c2ccc(C(C)(C)C)cc2)=N1. The monoisotopic (exact) mass is 399 g/mol. The fraction of sp³-hybridized carbons (Fsp3) is 0.609. The third-order valence-electron chi connectivity index (χ3n) is 5.12. The summed E-state index contributed by atoms with van der Waals surface area (Å²) in [7, 11) is 0. The molecule has 0 saturated carbocycles. The van der Waals surface area contributed by atoms with Crippen LogP contribution in [-0.2, 0) is 5.41 Å². The van der Waals surface area contributed by atoms with Crippen molar-refractivity contribution in [1.82, 2.24) is 10.6 Å². The van der Waals surface area contributed by atoms with Gasteiger partial charge in [-0.05, 0) is 36.0 Å². The molecule has 0 spiro atoms. The Balaban J connectivity index is 1.85. The van der Waals surface area contributed by atoms with Crippen molar-refractivity contribution in [3.63, 3.8) is 0 Å². The molecule has 1 aromatic rings. The third kappa shape index (κ3) is 7.87. The van der Waals surface area contributed by atoms with Crippen molar-refractivity contribution in [3.8, 4) is 0 Å². The van der Waals surface area contributed by atoms with Crippen LogP contribution in [0.4, 0.5) is 0 Å². The number of hydrogen-bond donors (Lipinski definition) is 3. The predicted octanol–water partition coefficient (Wildman–Crippen LogP) is 4.45. The van der Waals surface area contributed by atoms with Gasteiger partial charge in [0.1, 0.15) is 6.17 Å². The van der Waals surface area contributed by atoms with E-state index in [2.05, 4.69) is 48.3 Å². The predicted molar refractivity (Wildman–Crippen MR) is 121 cm³/mol. The summed E-state index contributed by atoms with van der Waals surface area (Å²) < 4.78 is 0. The van der Waals surface area contributed by atoms with Gasteiger partial charge in [0.15, 0.2) is 5.96 Å². The maximum Gasteiger partial charge on any atom is 0.257 e. The van der Waals surface area contributed by atoms with E-state index < -0.39 is 0 Å². The zero-order chi connectivity index (χ0) is 21.3. The first kappa shape index (κ1) is 22.9. The maximum absolute atomic E-state index is 12.6. The van der Waals surface area contributed by atoms with Crippen molar-refractivity contribution in [2.75, 3.05) is 0 Å². The summed E-state index contributed by atoms with van der Waals surface area (Å²) in [6.45, 7) is 8.68. The van der Waals surface area contributed by atoms with Crippen molar-refractivity contribution < 1.29 is 4.79 Å². The average Bonchev–Trinajstić information content (AvgIpc) is 2.66. The van der Waals surface area contributed by atoms with Gasteiger partial charge in [0.05, 0.1) is 0 Å². The number of unbranched alkanes of at least 4 members (excludes halogenated alkanes) is 6. The molecule has 0 aliphatic carbocycles. The summed E-state index contributed by atoms with van der Waals surface area (Å²) in [5.41, 5.74) is 7.72. The van der Waals surface area contributed by atoms with Gasteiger partial charge < -0.3 is 5.73 Å². The van der Waals surface area contributed by atoms with Crippen molar-refractivity contribution in [1.29, 1.82) is 0 Å². The Morgan fingerprint density at radius 3 is 2.28 bits per heavy atom. The number of amides is 1. The van der Waals surface area contributed by atoms with E-state index in [0.717, 1.165) is 12.8 Å². The van der Waals surface area contributed by atoms with Crippen LogP contribution >= 0.6 is 0 Å². The quantitative estimate of drug-likeness (QED) is 0.536. The number of hydrogen-bond acceptors (Lipinski definition) is 5. The van der Waals surface area contributed by atoms with Crippen LogP contribution in [0.5, 0.6) is 0 Å². The minimum atomic E-state index is -0.231. The lowest BCUT2D eigenvalue weighted by molar-refractivity contribution is 0.0976. The average molecular weight is 400 g/mol. The number of benzene rings is 1. The number of rotatable bonds is 9. The van der Waals surface area contributed by atoms with Crippen molar-refractivity contribution in [3.05, 3.63) is 35.4 Å². The molecule has 6 heteroatoms. The Labute approximate surface area is 175 Å². The molecule has 0 aromatic heterocycles. The molecule has 1 aliphatic heterocycles. The lowest BCUT2D eigenvalue weighted by atomic mass is 9.87. The van der Waals surface area contributed by atoms with Crippen LogP contribution in [0.3, 0.4) is 0 Å². The normalized spacial score (nSPS) is 16.6. The molecule has 160 valence electrons. The second-order valence-corrected chi connectivity index (χ2v) is 8.79. The largest absolute Gasteiger partial charge is 0.370 e. The van der Waals surface area contributed by atoms with Gasteiger partial charge in [-0.2, -0.15) is 0 Å². The van der Waals surface area contributed by atoms with Gasteiger partial charge in [-0.15, -0.1) is 0 Å². The molecule has 2 rings (SSSR count). The van der Waals surface area contributed by atoms with E-state index in [-0.39, 0.29) is 17.5 Å². The number of nitrogens with one attached hydrogen (secondary N) is 2. The molecule has 1 heterocycles. The highest BCUT2D eigenvalue weighted by Gasteiger charge is 2.18. The van der Waals surface area contributed by atoms with E-state index in [1.54, 1.807) is 0 Å². The van der Waals surface area contributed by atoms with Crippen molar-refractivity contribution in [2.45, 2.75) is 90.6 Å². The molecule has 4 N–H and O–H groups in total. The molecular weight excluding hydrogens is 362 g/mol. The first-order valence-electron chi connectivity index (χ1n) is 10.9. The van der Waals surface area contributed by atoms with Gasteiger partial charge in [0.25, 0.3) is 5.91 Å². The zero-order valence-electron chi connectivity index (χ0n) is 18.4. The highest BCUT2D eigenvalue weighted by Crippen LogP contribution is 2.22. The van der Waals surface area contributed by atoms with E-state index in [1.165, 1.54) is 44.1 Å². The molecule has 1 atom stereocenters. The highest BCUT2D eigenvalue weighted by atomic mass is 16.1. The van der Waals surface area contributed by atoms with Crippen LogP contribution in [0.2, 0.25) is 0 Å². The summed E-state index contributed by atoms with van der Waals surface area (Å²) in [6.07, 6.45) is 9.31. The van der Waals surface area contributed by atoms with Crippen molar-refractivity contribution in [2.24, 2.45) is 15.7 Å². The lowest BCUT2D eigenvalue weighted by Gasteiger charge is -2.20. The molecule has 6 nitrogen and oxygen atoms in total. The Kier molecular flexibility index (Phi) is 8.68. The van der Waals surface area contributed by atoms with Crippen LogP contribution in [0, 0.1) is 0 Å². The Morgan fingerprint density at radius 2 is 1.66 bits per heavy atom. The standard InChI is InChI=1S/C23H37N5O/c1-5-6-7-8-9-10-11-12-19-25-21(24)28-22(26-19)27-20(29)17-13-15-18(16-14-17)23(2,3)4/h13-16,19H,5-12H2,1-4H3,(H4,24,25,26,27,28,29). The number of guanidine groups is 2. The van der Waals surface area contributed by atoms with Crippen LogP contribution in [-0.4, -0.2) is 24.0 Å². The van der Waals surface area contributed by atoms with Gasteiger partial charge in [-0.25, -0.2) is 9.98 Å². The van der Waals surface area contributed by atoms with Gasteiger partial charge in [-0.1, -0.05) is 78.4 Å². The Hall–Kier alpha value is -2.37. The van der Waals surface area contributed by atoms with Crippen molar-refractivity contribution >= 4 is 17.8 Å². The van der Waals surface area contributed by atoms with Crippen LogP contribution in [0.1, 0.15) is 95.0 Å². The molecular formula is C23H37N5O. The minimum absolute atomic E-state index is 0.0537. The van der Waals surface area contributed by atoms with E-state index in [9.17, 15) is 4.79 Å².